The van der Waals surface area contributed by atoms with Gasteiger partial charge < -0.3 is 10.1 Å². The Hall–Kier alpha value is -0.870. The normalized spacial score (nSPS) is 11.2. The Morgan fingerprint density at radius 2 is 1.67 bits per heavy atom. The summed E-state index contributed by atoms with van der Waals surface area (Å²) in [5.74, 6) is -4.12. The van der Waals surface area contributed by atoms with Crippen LogP contribution in [-0.2, 0) is 14.8 Å². The number of halogens is 4. The number of sulfonamides is 1. The number of hydrogen-bond donors (Lipinski definition) is 2. The van der Waals surface area contributed by atoms with Gasteiger partial charge >= 0.3 is 0 Å². The van der Waals surface area contributed by atoms with Gasteiger partial charge in [-0.25, -0.2) is 26.3 Å². The molecule has 2 N–H and O–H groups in total. The highest BCUT2D eigenvalue weighted by Crippen LogP contribution is 2.19. The number of hydrogen-bond acceptors (Lipinski definition) is 4. The van der Waals surface area contributed by atoms with Crippen LogP contribution in [0.15, 0.2) is 17.0 Å². The molecule has 1 aromatic rings. The Bertz CT molecular complexity index is 535. The smallest absolute Gasteiger partial charge is 0.246 e. The van der Waals surface area contributed by atoms with Crippen molar-refractivity contribution in [3.63, 3.8) is 0 Å². The fraction of sp³-hybridized carbons (Fsp3) is 0.455. The molecule has 0 spiro atoms. The third-order valence-electron chi connectivity index (χ3n) is 2.31. The van der Waals surface area contributed by atoms with Crippen molar-refractivity contribution in [1.29, 1.82) is 0 Å². The van der Waals surface area contributed by atoms with Crippen LogP contribution >= 0.6 is 12.4 Å². The Labute approximate surface area is 127 Å². The molecule has 1 aromatic carbocycles. The minimum atomic E-state index is -4.37. The summed E-state index contributed by atoms with van der Waals surface area (Å²) >= 11 is 0. The molecule has 0 saturated carbocycles. The summed E-state index contributed by atoms with van der Waals surface area (Å²) in [6.07, 6.45) is 0. The zero-order chi connectivity index (χ0) is 15.2. The lowest BCUT2D eigenvalue weighted by Crippen LogP contribution is -2.33. The van der Waals surface area contributed by atoms with Crippen molar-refractivity contribution in [2.24, 2.45) is 0 Å². The topological polar surface area (TPSA) is 67.4 Å². The second kappa shape index (κ2) is 9.21. The van der Waals surface area contributed by atoms with Crippen molar-refractivity contribution in [2.45, 2.75) is 4.90 Å². The van der Waals surface area contributed by atoms with Crippen LogP contribution in [0, 0.1) is 17.5 Å². The van der Waals surface area contributed by atoms with E-state index >= 15 is 0 Å². The van der Waals surface area contributed by atoms with Crippen molar-refractivity contribution < 1.29 is 26.3 Å². The number of rotatable bonds is 8. The fourth-order valence-corrected chi connectivity index (χ4v) is 2.58. The molecule has 0 aliphatic heterocycles. The molecule has 0 aliphatic carbocycles. The zero-order valence-corrected chi connectivity index (χ0v) is 12.8. The largest absolute Gasteiger partial charge is 0.383 e. The lowest BCUT2D eigenvalue weighted by atomic mass is 10.3. The van der Waals surface area contributed by atoms with Gasteiger partial charge in [-0.05, 0) is 0 Å². The van der Waals surface area contributed by atoms with Crippen LogP contribution in [0.2, 0.25) is 0 Å². The molecule has 5 nitrogen and oxygen atoms in total. The van der Waals surface area contributed by atoms with Crippen molar-refractivity contribution in [3.8, 4) is 0 Å². The maximum atomic E-state index is 13.4. The molecule has 10 heteroatoms. The molecule has 0 aliphatic rings. The van der Waals surface area contributed by atoms with E-state index in [4.69, 9.17) is 4.74 Å². The van der Waals surface area contributed by atoms with E-state index in [2.05, 4.69) is 5.32 Å². The average molecular weight is 349 g/mol. The molecule has 0 radical (unpaired) electrons. The highest BCUT2D eigenvalue weighted by atomic mass is 35.5. The van der Waals surface area contributed by atoms with Gasteiger partial charge in [-0.2, -0.15) is 0 Å². The molecule has 0 aromatic heterocycles. The van der Waals surface area contributed by atoms with Crippen LogP contribution < -0.4 is 10.0 Å². The Morgan fingerprint density at radius 1 is 1.10 bits per heavy atom. The lowest BCUT2D eigenvalue weighted by molar-refractivity contribution is 0.199. The van der Waals surface area contributed by atoms with Crippen molar-refractivity contribution in [1.82, 2.24) is 10.0 Å². The van der Waals surface area contributed by atoms with Crippen molar-refractivity contribution >= 4 is 22.4 Å². The van der Waals surface area contributed by atoms with E-state index in [1.54, 1.807) is 0 Å². The van der Waals surface area contributed by atoms with E-state index in [0.29, 0.717) is 25.3 Å². The first-order chi connectivity index (χ1) is 9.38. The van der Waals surface area contributed by atoms with E-state index < -0.39 is 32.4 Å². The number of nitrogens with one attached hydrogen (secondary N) is 2. The SMILES string of the molecule is COCCNCCNS(=O)(=O)c1c(F)cc(F)cc1F.Cl. The average Bonchev–Trinajstić information content (AvgIpc) is 2.31. The molecule has 0 heterocycles. The minimum absolute atomic E-state index is 0. The van der Waals surface area contributed by atoms with Gasteiger partial charge in [-0.1, -0.05) is 0 Å². The maximum absolute atomic E-state index is 13.4. The predicted molar refractivity (Wildman–Crippen MR) is 73.5 cm³/mol. The molecule has 0 amide bonds. The Morgan fingerprint density at radius 3 is 2.19 bits per heavy atom. The van der Waals surface area contributed by atoms with Gasteiger partial charge in [0.05, 0.1) is 6.61 Å². The molecule has 0 atom stereocenters. The molecule has 0 bridgehead atoms. The lowest BCUT2D eigenvalue weighted by Gasteiger charge is -2.09. The van der Waals surface area contributed by atoms with Crippen LogP contribution in [0.3, 0.4) is 0 Å². The second-order valence-corrected chi connectivity index (χ2v) is 5.54. The molecule has 0 saturated heterocycles. The van der Waals surface area contributed by atoms with Crippen LogP contribution in [0.4, 0.5) is 13.2 Å². The van der Waals surface area contributed by atoms with Crippen LogP contribution in [-0.4, -0.2) is 41.8 Å². The molecule has 0 fully saturated rings. The first-order valence-electron chi connectivity index (χ1n) is 5.72. The summed E-state index contributed by atoms with van der Waals surface area (Å²) in [5.41, 5.74) is 0. The van der Waals surface area contributed by atoms with Crippen LogP contribution in [0.1, 0.15) is 0 Å². The molecule has 0 unspecified atom stereocenters. The van der Waals surface area contributed by atoms with Crippen molar-refractivity contribution in [2.75, 3.05) is 33.4 Å². The van der Waals surface area contributed by atoms with Gasteiger partial charge in [0.25, 0.3) is 0 Å². The van der Waals surface area contributed by atoms with Crippen LogP contribution in [0.25, 0.3) is 0 Å². The Kier molecular flexibility index (Phi) is 8.83. The summed E-state index contributed by atoms with van der Waals surface area (Å²) in [4.78, 5) is -1.18. The van der Waals surface area contributed by atoms with E-state index in [9.17, 15) is 21.6 Å². The molecule has 1 rings (SSSR count). The first kappa shape index (κ1) is 20.1. The molecular weight excluding hydrogens is 333 g/mol. The summed E-state index contributed by atoms with van der Waals surface area (Å²) in [6.45, 7) is 1.15. The minimum Gasteiger partial charge on any atom is -0.383 e. The monoisotopic (exact) mass is 348 g/mol. The van der Waals surface area contributed by atoms with Gasteiger partial charge in [-0.3, -0.25) is 0 Å². The summed E-state index contributed by atoms with van der Waals surface area (Å²) in [7, 11) is -2.85. The summed E-state index contributed by atoms with van der Waals surface area (Å²) in [6, 6.07) is 0.628. The van der Waals surface area contributed by atoms with Gasteiger partial charge in [0, 0.05) is 38.9 Å². The van der Waals surface area contributed by atoms with E-state index in [-0.39, 0.29) is 25.5 Å². The highest BCUT2D eigenvalue weighted by Gasteiger charge is 2.24. The van der Waals surface area contributed by atoms with E-state index in [1.165, 1.54) is 7.11 Å². The molecule has 122 valence electrons. The van der Waals surface area contributed by atoms with Gasteiger partial charge in [-0.15, -0.1) is 12.4 Å². The fourth-order valence-electron chi connectivity index (χ4n) is 1.43. The third-order valence-corrected chi connectivity index (χ3v) is 3.82. The maximum Gasteiger partial charge on any atom is 0.246 e. The summed E-state index contributed by atoms with van der Waals surface area (Å²) < 4.78 is 69.6. The van der Waals surface area contributed by atoms with Gasteiger partial charge in [0.2, 0.25) is 10.0 Å². The van der Waals surface area contributed by atoms with Crippen LogP contribution in [0.5, 0.6) is 0 Å². The van der Waals surface area contributed by atoms with Gasteiger partial charge in [0.15, 0.2) is 4.90 Å². The number of benzene rings is 1. The van der Waals surface area contributed by atoms with Crippen molar-refractivity contribution in [3.05, 3.63) is 29.6 Å². The molecule has 21 heavy (non-hydrogen) atoms. The second-order valence-electron chi connectivity index (χ2n) is 3.84. The van der Waals surface area contributed by atoms with Gasteiger partial charge in [0.1, 0.15) is 17.5 Å². The van der Waals surface area contributed by atoms with E-state index in [1.807, 2.05) is 4.72 Å². The highest BCUT2D eigenvalue weighted by molar-refractivity contribution is 7.89. The quantitative estimate of drug-likeness (QED) is 0.689. The number of ether oxygens (including phenoxy) is 1. The predicted octanol–water partition coefficient (Wildman–Crippen LogP) is 1.04. The molecular formula is C11H16ClF3N2O3S. The zero-order valence-electron chi connectivity index (χ0n) is 11.2. The standard InChI is InChI=1S/C11H15F3N2O3S.ClH/c1-19-5-4-15-2-3-16-20(17,18)11-9(13)6-8(12)7-10(11)14;/h6-7,15-16H,2-5H2,1H3;1H. The third kappa shape index (κ3) is 6.18. The first-order valence-corrected chi connectivity index (χ1v) is 7.20. The Balaban J connectivity index is 0.00000400. The van der Waals surface area contributed by atoms with E-state index in [0.717, 1.165) is 0 Å². The number of methoxy groups -OCH3 is 1. The summed E-state index contributed by atoms with van der Waals surface area (Å²) in [5, 5.41) is 2.85.